The minimum Gasteiger partial charge on any atom is -0.329 e. The normalized spacial score (nSPS) is 22.2. The lowest BCUT2D eigenvalue weighted by molar-refractivity contribution is 0.129. The Kier molecular flexibility index (Phi) is 4.20. The molecule has 4 heteroatoms. The average Bonchev–Trinajstić information content (AvgIpc) is 2.18. The Bertz CT molecular complexity index is 196. The van der Waals surface area contributed by atoms with E-state index < -0.39 is 0 Å². The zero-order valence-corrected chi connectivity index (χ0v) is 9.20. The highest BCUT2D eigenvalue weighted by atomic mass is 16.2. The van der Waals surface area contributed by atoms with E-state index in [9.17, 15) is 4.79 Å². The molecular weight excluding hydrogens is 178 g/mol. The molecule has 1 rings (SSSR count). The van der Waals surface area contributed by atoms with Gasteiger partial charge in [0.05, 0.1) is 0 Å². The van der Waals surface area contributed by atoms with Gasteiger partial charge in [0.1, 0.15) is 0 Å². The fourth-order valence-corrected chi connectivity index (χ4v) is 1.89. The van der Waals surface area contributed by atoms with E-state index in [2.05, 4.69) is 6.92 Å². The summed E-state index contributed by atoms with van der Waals surface area (Å²) in [6.07, 6.45) is 3.50. The van der Waals surface area contributed by atoms with E-state index >= 15 is 0 Å². The van der Waals surface area contributed by atoms with Crippen LogP contribution in [0.5, 0.6) is 0 Å². The lowest BCUT2D eigenvalue weighted by Gasteiger charge is -2.36. The van der Waals surface area contributed by atoms with Crippen LogP contribution in [0.25, 0.3) is 0 Å². The Hall–Kier alpha value is -0.770. The minimum absolute atomic E-state index is 0.127. The standard InChI is InChI=1S/C10H21N3O/c1-9-5-3-4-7-13(9)10(14)12(2)8-6-11/h9H,3-8,11H2,1-2H3. The maximum Gasteiger partial charge on any atom is 0.320 e. The molecule has 0 spiro atoms. The van der Waals surface area contributed by atoms with Gasteiger partial charge in [-0.05, 0) is 26.2 Å². The Labute approximate surface area is 86.0 Å². The van der Waals surface area contributed by atoms with E-state index in [4.69, 9.17) is 5.73 Å². The van der Waals surface area contributed by atoms with Gasteiger partial charge in [-0.2, -0.15) is 0 Å². The molecule has 1 aliphatic rings. The number of carbonyl (C=O) groups excluding carboxylic acids is 1. The summed E-state index contributed by atoms with van der Waals surface area (Å²) in [5.74, 6) is 0. The van der Waals surface area contributed by atoms with E-state index in [-0.39, 0.29) is 6.03 Å². The van der Waals surface area contributed by atoms with Crippen molar-refractivity contribution >= 4 is 6.03 Å². The Morgan fingerprint density at radius 2 is 2.29 bits per heavy atom. The van der Waals surface area contributed by atoms with Gasteiger partial charge in [-0.3, -0.25) is 0 Å². The van der Waals surface area contributed by atoms with Gasteiger partial charge in [-0.1, -0.05) is 0 Å². The van der Waals surface area contributed by atoms with Crippen molar-refractivity contribution < 1.29 is 4.79 Å². The molecule has 0 bridgehead atoms. The van der Waals surface area contributed by atoms with Crippen LogP contribution < -0.4 is 5.73 Å². The molecule has 0 aromatic carbocycles. The van der Waals surface area contributed by atoms with Gasteiger partial charge >= 0.3 is 6.03 Å². The maximum absolute atomic E-state index is 11.9. The molecule has 82 valence electrons. The van der Waals surface area contributed by atoms with Crippen molar-refractivity contribution in [2.75, 3.05) is 26.7 Å². The molecule has 0 aromatic rings. The monoisotopic (exact) mass is 199 g/mol. The summed E-state index contributed by atoms with van der Waals surface area (Å²) in [7, 11) is 1.82. The van der Waals surface area contributed by atoms with Crippen LogP contribution in [0.1, 0.15) is 26.2 Å². The molecule has 4 nitrogen and oxygen atoms in total. The number of rotatable bonds is 2. The number of likely N-dealkylation sites (tertiary alicyclic amines) is 1. The smallest absolute Gasteiger partial charge is 0.320 e. The number of hydrogen-bond acceptors (Lipinski definition) is 2. The first-order valence-electron chi connectivity index (χ1n) is 5.38. The van der Waals surface area contributed by atoms with E-state index in [0.717, 1.165) is 19.4 Å². The second-order valence-corrected chi connectivity index (χ2v) is 4.03. The van der Waals surface area contributed by atoms with Crippen LogP contribution in [-0.4, -0.2) is 48.6 Å². The second kappa shape index (κ2) is 5.20. The molecule has 0 aliphatic carbocycles. The van der Waals surface area contributed by atoms with Crippen molar-refractivity contribution in [3.63, 3.8) is 0 Å². The predicted octanol–water partition coefficient (Wildman–Crippen LogP) is 0.871. The third kappa shape index (κ3) is 2.61. The lowest BCUT2D eigenvalue weighted by atomic mass is 10.0. The summed E-state index contributed by atoms with van der Waals surface area (Å²) in [4.78, 5) is 15.6. The number of likely N-dealkylation sites (N-methyl/N-ethyl adjacent to an activating group) is 1. The van der Waals surface area contributed by atoms with Crippen molar-refractivity contribution in [1.82, 2.24) is 9.80 Å². The molecule has 1 unspecified atom stereocenters. The third-order valence-corrected chi connectivity index (χ3v) is 2.84. The summed E-state index contributed by atoms with van der Waals surface area (Å²) >= 11 is 0. The zero-order chi connectivity index (χ0) is 10.6. The Morgan fingerprint density at radius 3 is 2.86 bits per heavy atom. The summed E-state index contributed by atoms with van der Waals surface area (Å²) in [6, 6.07) is 0.513. The first-order chi connectivity index (χ1) is 6.66. The molecule has 1 saturated heterocycles. The quantitative estimate of drug-likeness (QED) is 0.717. The van der Waals surface area contributed by atoms with Crippen molar-refractivity contribution in [2.24, 2.45) is 5.73 Å². The largest absolute Gasteiger partial charge is 0.329 e. The summed E-state index contributed by atoms with van der Waals surface area (Å²) < 4.78 is 0. The van der Waals surface area contributed by atoms with Crippen molar-refractivity contribution in [3.05, 3.63) is 0 Å². The van der Waals surface area contributed by atoms with Gasteiger partial charge in [-0.15, -0.1) is 0 Å². The molecule has 2 N–H and O–H groups in total. The highest BCUT2D eigenvalue weighted by Crippen LogP contribution is 2.17. The maximum atomic E-state index is 11.9. The fourth-order valence-electron chi connectivity index (χ4n) is 1.89. The molecule has 1 fully saturated rings. The minimum atomic E-state index is 0.127. The molecule has 0 saturated carbocycles. The Balaban J connectivity index is 2.49. The summed E-state index contributed by atoms with van der Waals surface area (Å²) in [6.45, 7) is 4.19. The van der Waals surface area contributed by atoms with Crippen molar-refractivity contribution in [1.29, 1.82) is 0 Å². The SMILES string of the molecule is CC1CCCCN1C(=O)N(C)CCN. The number of amides is 2. The van der Waals surface area contributed by atoms with E-state index in [1.807, 2.05) is 11.9 Å². The van der Waals surface area contributed by atoms with E-state index in [1.165, 1.54) is 6.42 Å². The van der Waals surface area contributed by atoms with Crippen molar-refractivity contribution in [2.45, 2.75) is 32.2 Å². The van der Waals surface area contributed by atoms with Crippen LogP contribution in [0.2, 0.25) is 0 Å². The van der Waals surface area contributed by atoms with Crippen LogP contribution in [0.3, 0.4) is 0 Å². The molecular formula is C10H21N3O. The molecule has 2 amide bonds. The molecule has 0 radical (unpaired) electrons. The van der Waals surface area contributed by atoms with Crippen molar-refractivity contribution in [3.8, 4) is 0 Å². The van der Waals surface area contributed by atoms with Gasteiger partial charge in [0.2, 0.25) is 0 Å². The fraction of sp³-hybridized carbons (Fsp3) is 0.900. The van der Waals surface area contributed by atoms with Crippen LogP contribution in [-0.2, 0) is 0 Å². The highest BCUT2D eigenvalue weighted by molar-refractivity contribution is 5.74. The number of nitrogens with two attached hydrogens (primary N) is 1. The van der Waals surface area contributed by atoms with Gasteiger partial charge < -0.3 is 15.5 Å². The van der Waals surface area contributed by atoms with E-state index in [1.54, 1.807) is 4.90 Å². The number of urea groups is 1. The first kappa shape index (κ1) is 11.3. The topological polar surface area (TPSA) is 49.6 Å². The molecule has 1 aliphatic heterocycles. The first-order valence-corrected chi connectivity index (χ1v) is 5.38. The molecule has 1 atom stereocenters. The zero-order valence-electron chi connectivity index (χ0n) is 9.20. The molecule has 14 heavy (non-hydrogen) atoms. The van der Waals surface area contributed by atoms with Crippen LogP contribution in [0, 0.1) is 0 Å². The van der Waals surface area contributed by atoms with Gasteiger partial charge in [0, 0.05) is 32.7 Å². The lowest BCUT2D eigenvalue weighted by Crippen LogP contribution is -2.49. The van der Waals surface area contributed by atoms with Crippen LogP contribution >= 0.6 is 0 Å². The number of hydrogen-bond donors (Lipinski definition) is 1. The predicted molar refractivity (Wildman–Crippen MR) is 57.1 cm³/mol. The van der Waals surface area contributed by atoms with Gasteiger partial charge in [-0.25, -0.2) is 4.79 Å². The highest BCUT2D eigenvalue weighted by Gasteiger charge is 2.24. The van der Waals surface area contributed by atoms with Crippen LogP contribution in [0.15, 0.2) is 0 Å². The molecule has 0 aromatic heterocycles. The molecule has 1 heterocycles. The van der Waals surface area contributed by atoms with Gasteiger partial charge in [0.15, 0.2) is 0 Å². The van der Waals surface area contributed by atoms with E-state index in [0.29, 0.717) is 19.1 Å². The summed E-state index contributed by atoms with van der Waals surface area (Å²) in [5, 5.41) is 0. The third-order valence-electron chi connectivity index (χ3n) is 2.84. The van der Waals surface area contributed by atoms with Crippen LogP contribution in [0.4, 0.5) is 4.79 Å². The Morgan fingerprint density at radius 1 is 1.57 bits per heavy atom. The van der Waals surface area contributed by atoms with Gasteiger partial charge in [0.25, 0.3) is 0 Å². The number of piperidine rings is 1. The number of carbonyl (C=O) groups is 1. The second-order valence-electron chi connectivity index (χ2n) is 4.03. The summed E-state index contributed by atoms with van der Waals surface area (Å²) in [5.41, 5.74) is 5.42. The average molecular weight is 199 g/mol. The number of nitrogens with zero attached hydrogens (tertiary/aromatic N) is 2.